The van der Waals surface area contributed by atoms with Gasteiger partial charge in [0.05, 0.1) is 12.7 Å². The lowest BCUT2D eigenvalue weighted by Crippen LogP contribution is -2.05. The summed E-state index contributed by atoms with van der Waals surface area (Å²) in [4.78, 5) is 12.0. The van der Waals surface area contributed by atoms with Crippen molar-refractivity contribution < 1.29 is 14.6 Å². The number of rotatable bonds is 36. The standard InChI is InChI=1S/C40H78O3/c1-3-5-7-9-10-11-12-13-14-15-16-17-18-19-20-21-24-27-30-34-38-43-40(42)37-33-29-26-23-22-25-28-32-36-39(41)35-31-8-6-4-2/h28,32,39,41H,3-27,29-31,33-38H2,1-2H3. The lowest BCUT2D eigenvalue weighted by Gasteiger charge is -2.07. The molecule has 0 heterocycles. The Bertz CT molecular complexity index is 558. The van der Waals surface area contributed by atoms with Crippen LogP contribution in [-0.4, -0.2) is 23.8 Å². The van der Waals surface area contributed by atoms with Gasteiger partial charge < -0.3 is 9.84 Å². The van der Waals surface area contributed by atoms with Crippen molar-refractivity contribution in [2.24, 2.45) is 0 Å². The van der Waals surface area contributed by atoms with E-state index in [0.717, 1.165) is 44.9 Å². The fourth-order valence-electron chi connectivity index (χ4n) is 5.97. The molecule has 0 spiro atoms. The number of esters is 1. The Morgan fingerprint density at radius 1 is 0.512 bits per heavy atom. The average Bonchev–Trinajstić information content (AvgIpc) is 3.01. The molecule has 0 bridgehead atoms. The lowest BCUT2D eigenvalue weighted by atomic mass is 10.0. The molecule has 3 heteroatoms. The predicted octanol–water partition coefficient (Wildman–Crippen LogP) is 13.4. The number of hydrogen-bond acceptors (Lipinski definition) is 3. The lowest BCUT2D eigenvalue weighted by molar-refractivity contribution is -0.143. The highest BCUT2D eigenvalue weighted by molar-refractivity contribution is 5.69. The van der Waals surface area contributed by atoms with Gasteiger partial charge in [0.1, 0.15) is 0 Å². The van der Waals surface area contributed by atoms with Crippen LogP contribution in [0, 0.1) is 0 Å². The molecule has 0 fully saturated rings. The number of hydrogen-bond donors (Lipinski definition) is 1. The number of carbonyl (C=O) groups is 1. The normalized spacial score (nSPS) is 12.3. The molecule has 0 aliphatic rings. The third-order valence-corrected chi connectivity index (χ3v) is 8.98. The van der Waals surface area contributed by atoms with Crippen molar-refractivity contribution in [1.82, 2.24) is 0 Å². The molecule has 1 atom stereocenters. The van der Waals surface area contributed by atoms with Crippen molar-refractivity contribution in [3.63, 3.8) is 0 Å². The zero-order valence-corrected chi connectivity index (χ0v) is 29.5. The minimum atomic E-state index is -0.165. The predicted molar refractivity (Wildman–Crippen MR) is 190 cm³/mol. The van der Waals surface area contributed by atoms with Crippen LogP contribution in [0.2, 0.25) is 0 Å². The van der Waals surface area contributed by atoms with Gasteiger partial charge in [-0.2, -0.15) is 0 Å². The molecule has 256 valence electrons. The van der Waals surface area contributed by atoms with E-state index in [9.17, 15) is 9.90 Å². The van der Waals surface area contributed by atoms with E-state index in [2.05, 4.69) is 26.0 Å². The molecular weight excluding hydrogens is 528 g/mol. The molecule has 0 rings (SSSR count). The molecule has 43 heavy (non-hydrogen) atoms. The van der Waals surface area contributed by atoms with Crippen LogP contribution in [0.3, 0.4) is 0 Å². The third kappa shape index (κ3) is 37.3. The second-order valence-corrected chi connectivity index (χ2v) is 13.5. The molecule has 1 N–H and O–H groups in total. The highest BCUT2D eigenvalue weighted by Crippen LogP contribution is 2.15. The van der Waals surface area contributed by atoms with Crippen LogP contribution in [0.4, 0.5) is 0 Å². The highest BCUT2D eigenvalue weighted by Gasteiger charge is 2.03. The SMILES string of the molecule is CCCCCCCCCCCCCCCCCCCCCCOC(=O)CCCCCCCC=CCC(O)CCCCCC. The molecule has 0 aromatic heterocycles. The van der Waals surface area contributed by atoms with E-state index < -0.39 is 0 Å². The van der Waals surface area contributed by atoms with E-state index in [4.69, 9.17) is 4.74 Å². The van der Waals surface area contributed by atoms with E-state index in [1.165, 1.54) is 161 Å². The van der Waals surface area contributed by atoms with Crippen molar-refractivity contribution >= 4 is 5.97 Å². The van der Waals surface area contributed by atoms with Gasteiger partial charge in [-0.1, -0.05) is 193 Å². The van der Waals surface area contributed by atoms with Gasteiger partial charge in [-0.05, 0) is 38.5 Å². The van der Waals surface area contributed by atoms with E-state index in [0.29, 0.717) is 13.0 Å². The average molecular weight is 607 g/mol. The minimum Gasteiger partial charge on any atom is -0.466 e. The number of aliphatic hydroxyl groups excluding tert-OH is 1. The Morgan fingerprint density at radius 3 is 1.40 bits per heavy atom. The molecule has 1 unspecified atom stereocenters. The van der Waals surface area contributed by atoms with Crippen LogP contribution in [0.5, 0.6) is 0 Å². The van der Waals surface area contributed by atoms with E-state index >= 15 is 0 Å². The summed E-state index contributed by atoms with van der Waals surface area (Å²) in [6.45, 7) is 5.12. The number of carbonyl (C=O) groups excluding carboxylic acids is 1. The van der Waals surface area contributed by atoms with Crippen LogP contribution in [0.1, 0.15) is 226 Å². The Labute approximate surface area is 270 Å². The van der Waals surface area contributed by atoms with Gasteiger partial charge in [-0.3, -0.25) is 4.79 Å². The number of allylic oxidation sites excluding steroid dienone is 1. The smallest absolute Gasteiger partial charge is 0.305 e. The molecule has 0 radical (unpaired) electrons. The van der Waals surface area contributed by atoms with Crippen LogP contribution in [0.15, 0.2) is 12.2 Å². The molecule has 0 aliphatic heterocycles. The summed E-state index contributed by atoms with van der Waals surface area (Å²) in [5.41, 5.74) is 0. The second kappa shape index (κ2) is 37.4. The Morgan fingerprint density at radius 2 is 0.907 bits per heavy atom. The summed E-state index contributed by atoms with van der Waals surface area (Å²) < 4.78 is 5.44. The van der Waals surface area contributed by atoms with Crippen LogP contribution < -0.4 is 0 Å². The largest absolute Gasteiger partial charge is 0.466 e. The summed E-state index contributed by atoms with van der Waals surface area (Å²) in [6, 6.07) is 0. The van der Waals surface area contributed by atoms with Gasteiger partial charge in [0.15, 0.2) is 0 Å². The summed E-state index contributed by atoms with van der Waals surface area (Å²) >= 11 is 0. The van der Waals surface area contributed by atoms with Crippen molar-refractivity contribution in [1.29, 1.82) is 0 Å². The van der Waals surface area contributed by atoms with E-state index in [1.807, 2.05) is 0 Å². The minimum absolute atomic E-state index is 0.00556. The van der Waals surface area contributed by atoms with Crippen molar-refractivity contribution in [3.8, 4) is 0 Å². The van der Waals surface area contributed by atoms with E-state index in [-0.39, 0.29) is 12.1 Å². The quantitative estimate of drug-likeness (QED) is 0.0438. The summed E-state index contributed by atoms with van der Waals surface area (Å²) in [5, 5.41) is 9.99. The Balaban J connectivity index is 3.22. The summed E-state index contributed by atoms with van der Waals surface area (Å²) in [5.74, 6) is -0.00556. The first-order valence-electron chi connectivity index (χ1n) is 19.7. The number of unbranched alkanes of at least 4 members (excludes halogenated alkanes) is 27. The van der Waals surface area contributed by atoms with E-state index in [1.54, 1.807) is 0 Å². The van der Waals surface area contributed by atoms with Gasteiger partial charge in [0.2, 0.25) is 0 Å². The van der Waals surface area contributed by atoms with Crippen LogP contribution >= 0.6 is 0 Å². The Kier molecular flexibility index (Phi) is 36.6. The summed E-state index contributed by atoms with van der Waals surface area (Å²) in [7, 11) is 0. The number of aliphatic hydroxyl groups is 1. The van der Waals surface area contributed by atoms with Gasteiger partial charge in [-0.25, -0.2) is 0 Å². The molecule has 0 aromatic rings. The monoisotopic (exact) mass is 607 g/mol. The summed E-state index contributed by atoms with van der Waals surface area (Å²) in [6.07, 6.45) is 46.0. The maximum atomic E-state index is 12.0. The maximum Gasteiger partial charge on any atom is 0.305 e. The highest BCUT2D eigenvalue weighted by atomic mass is 16.5. The van der Waals surface area contributed by atoms with Crippen molar-refractivity contribution in [2.75, 3.05) is 6.61 Å². The van der Waals surface area contributed by atoms with Crippen molar-refractivity contribution in [2.45, 2.75) is 232 Å². The first-order valence-corrected chi connectivity index (χ1v) is 19.7. The molecule has 3 nitrogen and oxygen atoms in total. The second-order valence-electron chi connectivity index (χ2n) is 13.5. The topological polar surface area (TPSA) is 46.5 Å². The maximum absolute atomic E-state index is 12.0. The first-order chi connectivity index (χ1) is 21.2. The van der Waals surface area contributed by atoms with Gasteiger partial charge in [0.25, 0.3) is 0 Å². The van der Waals surface area contributed by atoms with Crippen LogP contribution in [0.25, 0.3) is 0 Å². The molecule has 0 aliphatic carbocycles. The molecule has 0 saturated heterocycles. The first kappa shape index (κ1) is 42.2. The molecule has 0 aromatic carbocycles. The van der Waals surface area contributed by atoms with Gasteiger partial charge in [0, 0.05) is 6.42 Å². The third-order valence-electron chi connectivity index (χ3n) is 8.98. The molecular formula is C40H78O3. The Hall–Kier alpha value is -0.830. The number of ether oxygens (including phenoxy) is 1. The van der Waals surface area contributed by atoms with Crippen LogP contribution in [-0.2, 0) is 9.53 Å². The molecule has 0 saturated carbocycles. The van der Waals surface area contributed by atoms with Gasteiger partial charge >= 0.3 is 5.97 Å². The fourth-order valence-corrected chi connectivity index (χ4v) is 5.97. The zero-order chi connectivity index (χ0) is 31.3. The zero-order valence-electron chi connectivity index (χ0n) is 29.5. The van der Waals surface area contributed by atoms with Gasteiger partial charge in [-0.15, -0.1) is 0 Å². The molecule has 0 amide bonds. The fraction of sp³-hybridized carbons (Fsp3) is 0.925. The van der Waals surface area contributed by atoms with Crippen molar-refractivity contribution in [3.05, 3.63) is 12.2 Å².